The number of halogens is 2. The highest BCUT2D eigenvalue weighted by Gasteiger charge is 2.00. The third-order valence-corrected chi connectivity index (χ3v) is 3.46. The van der Waals surface area contributed by atoms with Gasteiger partial charge in [0.2, 0.25) is 0 Å². The Morgan fingerprint density at radius 3 is 2.55 bits per heavy atom. The topological polar surface area (TPSA) is 0 Å². The summed E-state index contributed by atoms with van der Waals surface area (Å²) in [4.78, 5) is 0. The van der Waals surface area contributed by atoms with Gasteiger partial charge in [0.15, 0.2) is 0 Å². The average Bonchev–Trinajstić information content (AvgIpc) is 1.96. The van der Waals surface area contributed by atoms with E-state index < -0.39 is 0 Å². The minimum absolute atomic E-state index is 1.07. The molecule has 0 atom stereocenters. The van der Waals surface area contributed by atoms with E-state index in [2.05, 4.69) is 57.5 Å². The average molecular weight is 276 g/mol. The number of hydrogen-bond donors (Lipinski definition) is 0. The molecule has 1 aromatic carbocycles. The van der Waals surface area contributed by atoms with E-state index in [-0.39, 0.29) is 0 Å². The van der Waals surface area contributed by atoms with Crippen LogP contribution in [-0.4, -0.2) is 0 Å². The first-order valence-corrected chi connectivity index (χ1v) is 4.82. The summed E-state index contributed by atoms with van der Waals surface area (Å²) in [7, 11) is 0. The Bertz CT molecular complexity index is 290. The fourth-order valence-corrected chi connectivity index (χ4v) is 1.88. The van der Waals surface area contributed by atoms with Crippen LogP contribution in [0.5, 0.6) is 0 Å². The molecule has 0 radical (unpaired) electrons. The molecule has 1 rings (SSSR count). The fraction of sp³-hybridized carbons (Fsp3) is 0.111. The van der Waals surface area contributed by atoms with Gasteiger partial charge in [-0.3, -0.25) is 0 Å². The molecule has 0 aromatic heterocycles. The van der Waals surface area contributed by atoms with Crippen molar-refractivity contribution in [3.63, 3.8) is 0 Å². The molecular formula is C9H8Br2. The molecular weight excluding hydrogens is 268 g/mol. The minimum Gasteiger partial charge on any atom is -0.0984 e. The highest BCUT2D eigenvalue weighted by atomic mass is 79.9. The molecule has 2 heteroatoms. The predicted octanol–water partition coefficient (Wildman–Crippen LogP) is 4.16. The van der Waals surface area contributed by atoms with E-state index in [9.17, 15) is 0 Å². The lowest BCUT2D eigenvalue weighted by Gasteiger charge is -2.02. The van der Waals surface area contributed by atoms with Crippen LogP contribution in [0, 0.1) is 6.92 Å². The van der Waals surface area contributed by atoms with Crippen LogP contribution >= 0.6 is 31.9 Å². The van der Waals surface area contributed by atoms with Crippen LogP contribution in [0.4, 0.5) is 0 Å². The smallest absolute Gasteiger partial charge is 0.0389 e. The SMILES string of the molecule is C=Cc1cc(C)cc(Br)c1Br. The van der Waals surface area contributed by atoms with Crippen molar-refractivity contribution in [2.24, 2.45) is 0 Å². The summed E-state index contributed by atoms with van der Waals surface area (Å²) in [5, 5.41) is 0. The summed E-state index contributed by atoms with van der Waals surface area (Å²) in [6, 6.07) is 4.15. The maximum Gasteiger partial charge on any atom is 0.0389 e. The van der Waals surface area contributed by atoms with Gasteiger partial charge < -0.3 is 0 Å². The maximum absolute atomic E-state index is 3.72. The third-order valence-electron chi connectivity index (χ3n) is 1.42. The van der Waals surface area contributed by atoms with Crippen molar-refractivity contribution >= 4 is 37.9 Å². The van der Waals surface area contributed by atoms with Crippen LogP contribution in [0.3, 0.4) is 0 Å². The molecule has 0 nitrogen and oxygen atoms in total. The molecule has 0 heterocycles. The zero-order chi connectivity index (χ0) is 8.43. The molecule has 1 aromatic rings. The number of aryl methyl sites for hydroxylation is 1. The van der Waals surface area contributed by atoms with E-state index in [1.165, 1.54) is 5.56 Å². The molecule has 0 aliphatic carbocycles. The van der Waals surface area contributed by atoms with E-state index in [0.29, 0.717) is 0 Å². The second kappa shape index (κ2) is 3.55. The number of hydrogen-bond acceptors (Lipinski definition) is 0. The molecule has 0 aliphatic heterocycles. The van der Waals surface area contributed by atoms with Crippen molar-refractivity contribution in [2.75, 3.05) is 0 Å². The Labute approximate surface area is 83.6 Å². The maximum atomic E-state index is 3.72. The quantitative estimate of drug-likeness (QED) is 0.722. The van der Waals surface area contributed by atoms with E-state index >= 15 is 0 Å². The molecule has 0 unspecified atom stereocenters. The van der Waals surface area contributed by atoms with Gasteiger partial charge in [-0.25, -0.2) is 0 Å². The Kier molecular flexibility index (Phi) is 2.90. The zero-order valence-corrected chi connectivity index (χ0v) is 9.37. The second-order valence-electron chi connectivity index (χ2n) is 2.35. The van der Waals surface area contributed by atoms with Gasteiger partial charge in [-0.1, -0.05) is 18.7 Å². The molecule has 0 spiro atoms. The summed E-state index contributed by atoms with van der Waals surface area (Å²) in [5.41, 5.74) is 2.35. The summed E-state index contributed by atoms with van der Waals surface area (Å²) in [6.45, 7) is 5.78. The molecule has 0 saturated carbocycles. The van der Waals surface area contributed by atoms with Crippen molar-refractivity contribution in [1.82, 2.24) is 0 Å². The van der Waals surface area contributed by atoms with E-state index in [0.717, 1.165) is 14.5 Å². The lowest BCUT2D eigenvalue weighted by Crippen LogP contribution is -1.80. The van der Waals surface area contributed by atoms with Crippen molar-refractivity contribution < 1.29 is 0 Å². The number of benzene rings is 1. The molecule has 11 heavy (non-hydrogen) atoms. The highest BCUT2D eigenvalue weighted by Crippen LogP contribution is 2.28. The van der Waals surface area contributed by atoms with Gasteiger partial charge in [0.05, 0.1) is 0 Å². The molecule has 0 saturated heterocycles. The van der Waals surface area contributed by atoms with Crippen LogP contribution < -0.4 is 0 Å². The highest BCUT2D eigenvalue weighted by molar-refractivity contribution is 9.13. The van der Waals surface area contributed by atoms with Gasteiger partial charge >= 0.3 is 0 Å². The first-order chi connectivity index (χ1) is 5.15. The molecule has 0 aliphatic rings. The van der Waals surface area contributed by atoms with Gasteiger partial charge in [-0.2, -0.15) is 0 Å². The molecule has 0 amide bonds. The largest absolute Gasteiger partial charge is 0.0984 e. The van der Waals surface area contributed by atoms with Crippen LogP contribution in [0.2, 0.25) is 0 Å². The van der Waals surface area contributed by atoms with Gasteiger partial charge in [0.25, 0.3) is 0 Å². The van der Waals surface area contributed by atoms with Gasteiger partial charge in [-0.15, -0.1) is 0 Å². The third kappa shape index (κ3) is 1.94. The van der Waals surface area contributed by atoms with Crippen molar-refractivity contribution in [3.05, 3.63) is 38.8 Å². The van der Waals surface area contributed by atoms with Crippen LogP contribution in [0.25, 0.3) is 6.08 Å². The molecule has 0 bridgehead atoms. The van der Waals surface area contributed by atoms with Crippen LogP contribution in [-0.2, 0) is 0 Å². The monoisotopic (exact) mass is 274 g/mol. The van der Waals surface area contributed by atoms with Crippen molar-refractivity contribution in [2.45, 2.75) is 6.92 Å². The molecule has 0 fully saturated rings. The molecule has 58 valence electrons. The summed E-state index contributed by atoms with van der Waals surface area (Å²) < 4.78 is 2.14. The van der Waals surface area contributed by atoms with E-state index in [4.69, 9.17) is 0 Å². The van der Waals surface area contributed by atoms with Gasteiger partial charge in [0.1, 0.15) is 0 Å². The van der Waals surface area contributed by atoms with E-state index in [1.807, 2.05) is 6.08 Å². The van der Waals surface area contributed by atoms with Gasteiger partial charge in [-0.05, 0) is 56.0 Å². The standard InChI is InChI=1S/C9H8Br2/c1-3-7-4-6(2)5-8(10)9(7)11/h3-5H,1H2,2H3. The van der Waals surface area contributed by atoms with Crippen LogP contribution in [0.15, 0.2) is 27.7 Å². The second-order valence-corrected chi connectivity index (χ2v) is 4.00. The Morgan fingerprint density at radius 2 is 2.00 bits per heavy atom. The minimum atomic E-state index is 1.07. The lowest BCUT2D eigenvalue weighted by atomic mass is 10.1. The van der Waals surface area contributed by atoms with Crippen LogP contribution in [0.1, 0.15) is 11.1 Å². The normalized spacial score (nSPS) is 9.73. The zero-order valence-electron chi connectivity index (χ0n) is 6.20. The van der Waals surface area contributed by atoms with Gasteiger partial charge in [0, 0.05) is 8.95 Å². The predicted molar refractivity (Wildman–Crippen MR) is 56.7 cm³/mol. The summed E-state index contributed by atoms with van der Waals surface area (Å²) in [6.07, 6.45) is 1.84. The summed E-state index contributed by atoms with van der Waals surface area (Å²) in [5.74, 6) is 0. The first kappa shape index (κ1) is 9.01. The Morgan fingerprint density at radius 1 is 1.36 bits per heavy atom. The summed E-state index contributed by atoms with van der Waals surface area (Å²) >= 11 is 6.90. The van der Waals surface area contributed by atoms with Crippen molar-refractivity contribution in [3.8, 4) is 0 Å². The Hall–Kier alpha value is -0.0800. The molecule has 0 N–H and O–H groups in total. The lowest BCUT2D eigenvalue weighted by molar-refractivity contribution is 1.41. The first-order valence-electron chi connectivity index (χ1n) is 3.23. The fourth-order valence-electron chi connectivity index (χ4n) is 0.900. The Balaban J connectivity index is 3.35. The van der Waals surface area contributed by atoms with Crippen molar-refractivity contribution in [1.29, 1.82) is 0 Å². The number of rotatable bonds is 1. The van der Waals surface area contributed by atoms with E-state index in [1.54, 1.807) is 0 Å².